The smallest absolute Gasteiger partial charge is 0.387 e. The molecule has 2 unspecified atom stereocenters. The van der Waals surface area contributed by atoms with Crippen LogP contribution in [0.25, 0.3) is 11.3 Å². The largest absolute Gasteiger partial charge is 0.493 e. The number of ether oxygens (including phenoxy) is 2. The lowest BCUT2D eigenvalue weighted by Crippen LogP contribution is -2.20. The van der Waals surface area contributed by atoms with Gasteiger partial charge in [-0.15, -0.1) is 0 Å². The third kappa shape index (κ3) is 2.79. The molecule has 3 rings (SSSR count). The van der Waals surface area contributed by atoms with Crippen molar-refractivity contribution in [2.75, 3.05) is 7.11 Å². The molecule has 1 aromatic carbocycles. The quantitative estimate of drug-likeness (QED) is 0.710. The third-order valence-electron chi connectivity index (χ3n) is 5.00. The number of hydrogen-bond acceptors (Lipinski definition) is 3. The number of methoxy groups -OCH3 is 1. The Bertz CT molecular complexity index is 813. The second-order valence-corrected chi connectivity index (χ2v) is 6.26. The molecule has 1 aliphatic heterocycles. The van der Waals surface area contributed by atoms with Crippen molar-refractivity contribution in [3.8, 4) is 22.8 Å². The highest BCUT2D eigenvalue weighted by Crippen LogP contribution is 2.48. The minimum Gasteiger partial charge on any atom is -0.493 e. The first-order valence-electron chi connectivity index (χ1n) is 8.30. The van der Waals surface area contributed by atoms with Gasteiger partial charge >= 0.3 is 6.61 Å². The molecule has 4 nitrogen and oxygen atoms in total. The average molecular weight is 349 g/mol. The van der Waals surface area contributed by atoms with Gasteiger partial charge in [0, 0.05) is 35.7 Å². The molecule has 0 saturated heterocycles. The summed E-state index contributed by atoms with van der Waals surface area (Å²) in [6, 6.07) is 5.22. The van der Waals surface area contributed by atoms with Crippen LogP contribution in [0.15, 0.2) is 24.4 Å². The molecule has 0 saturated carbocycles. The monoisotopic (exact) mass is 349 g/mol. The van der Waals surface area contributed by atoms with E-state index in [-0.39, 0.29) is 29.2 Å². The summed E-state index contributed by atoms with van der Waals surface area (Å²) in [5.74, 6) is 0.362. The molecule has 134 valence electrons. The molecule has 0 bridgehead atoms. The molecule has 1 aromatic heterocycles. The number of carbonyl (C=O) groups excluding carboxylic acids is 1. The van der Waals surface area contributed by atoms with Crippen LogP contribution in [0.1, 0.15) is 55.1 Å². The van der Waals surface area contributed by atoms with E-state index in [1.165, 1.54) is 7.11 Å². The fourth-order valence-corrected chi connectivity index (χ4v) is 3.49. The lowest BCUT2D eigenvalue weighted by molar-refractivity contribution is -0.0512. The molecule has 0 N–H and O–H groups in total. The molecular weight excluding hydrogens is 328 g/mol. The van der Waals surface area contributed by atoms with Gasteiger partial charge in [0.15, 0.2) is 17.3 Å². The molecule has 2 heterocycles. The van der Waals surface area contributed by atoms with Gasteiger partial charge in [-0.1, -0.05) is 13.8 Å². The van der Waals surface area contributed by atoms with Crippen LogP contribution in [0.4, 0.5) is 8.78 Å². The number of benzene rings is 1. The highest BCUT2D eigenvalue weighted by molar-refractivity contribution is 6.02. The first kappa shape index (κ1) is 17.5. The molecular formula is C19H21F2NO3. The lowest BCUT2D eigenvalue weighted by atomic mass is 9.84. The number of alkyl halides is 2. The number of Topliss-reactive ketones (excluding diaryl/α,β-unsaturated/α-hetero) is 1. The predicted octanol–water partition coefficient (Wildman–Crippen LogP) is 5.04. The molecule has 2 atom stereocenters. The fraction of sp³-hybridized carbons (Fsp3) is 0.421. The van der Waals surface area contributed by atoms with E-state index in [2.05, 4.69) is 16.2 Å². The Kier molecular flexibility index (Phi) is 4.54. The number of ketones is 1. The standard InChI is InChI=1S/C19H21F2NO3/c1-5-15(23)12-6-7-22-11(3)10(2)13-8-17(25-19(20)21)16(24-4)9-14(13)18(12)22/h6-11,19H,5H2,1-4H3. The van der Waals surface area contributed by atoms with Crippen molar-refractivity contribution in [2.45, 2.75) is 45.8 Å². The van der Waals surface area contributed by atoms with Crippen LogP contribution >= 0.6 is 0 Å². The molecule has 0 fully saturated rings. The minimum atomic E-state index is -2.93. The lowest BCUT2D eigenvalue weighted by Gasteiger charge is -2.33. The van der Waals surface area contributed by atoms with Crippen molar-refractivity contribution in [1.82, 2.24) is 4.57 Å². The summed E-state index contributed by atoms with van der Waals surface area (Å²) < 4.78 is 37.4. The van der Waals surface area contributed by atoms with Gasteiger partial charge in [-0.3, -0.25) is 4.79 Å². The normalized spacial score (nSPS) is 18.7. The van der Waals surface area contributed by atoms with E-state index in [9.17, 15) is 13.6 Å². The van der Waals surface area contributed by atoms with Gasteiger partial charge in [-0.25, -0.2) is 0 Å². The summed E-state index contributed by atoms with van der Waals surface area (Å²) in [5, 5.41) is 0. The van der Waals surface area contributed by atoms with Gasteiger partial charge in [-0.2, -0.15) is 8.78 Å². The molecule has 0 amide bonds. The maximum atomic E-state index is 12.7. The van der Waals surface area contributed by atoms with Crippen LogP contribution in [0.2, 0.25) is 0 Å². The maximum absolute atomic E-state index is 12.7. The van der Waals surface area contributed by atoms with E-state index in [0.717, 1.165) is 16.8 Å². The molecule has 6 heteroatoms. The summed E-state index contributed by atoms with van der Waals surface area (Å²) in [6.45, 7) is 2.98. The Morgan fingerprint density at radius 3 is 2.60 bits per heavy atom. The number of halogens is 2. The minimum absolute atomic E-state index is 0.0127. The van der Waals surface area contributed by atoms with E-state index < -0.39 is 6.61 Å². The SMILES string of the molecule is CCC(=O)c1ccn2c1-c1cc(OC)c(OC(F)F)cc1C(C)C2C. The molecule has 1 aliphatic rings. The van der Waals surface area contributed by atoms with Gasteiger partial charge in [-0.05, 0) is 30.7 Å². The number of hydrogen-bond donors (Lipinski definition) is 0. The fourth-order valence-electron chi connectivity index (χ4n) is 3.49. The van der Waals surface area contributed by atoms with Crippen molar-refractivity contribution >= 4 is 5.78 Å². The first-order valence-corrected chi connectivity index (χ1v) is 8.30. The van der Waals surface area contributed by atoms with E-state index >= 15 is 0 Å². The van der Waals surface area contributed by atoms with Crippen LogP contribution in [0.5, 0.6) is 11.5 Å². The van der Waals surface area contributed by atoms with Crippen LogP contribution in [-0.4, -0.2) is 24.1 Å². The van der Waals surface area contributed by atoms with E-state index in [1.54, 1.807) is 12.1 Å². The van der Waals surface area contributed by atoms with E-state index in [4.69, 9.17) is 4.74 Å². The topological polar surface area (TPSA) is 40.5 Å². The van der Waals surface area contributed by atoms with Gasteiger partial charge in [0.1, 0.15) is 0 Å². The summed E-state index contributed by atoms with van der Waals surface area (Å²) in [4.78, 5) is 12.3. The maximum Gasteiger partial charge on any atom is 0.387 e. The molecule has 0 radical (unpaired) electrons. The third-order valence-corrected chi connectivity index (χ3v) is 5.00. The Morgan fingerprint density at radius 1 is 1.28 bits per heavy atom. The van der Waals surface area contributed by atoms with Crippen molar-refractivity contribution in [1.29, 1.82) is 0 Å². The molecule has 2 aromatic rings. The highest BCUT2D eigenvalue weighted by atomic mass is 19.3. The van der Waals surface area contributed by atoms with Crippen molar-refractivity contribution in [3.63, 3.8) is 0 Å². The molecule has 25 heavy (non-hydrogen) atoms. The summed E-state index contributed by atoms with van der Waals surface area (Å²) in [7, 11) is 1.41. The van der Waals surface area contributed by atoms with Crippen LogP contribution < -0.4 is 9.47 Å². The average Bonchev–Trinajstić information content (AvgIpc) is 3.03. The molecule has 0 aliphatic carbocycles. The van der Waals surface area contributed by atoms with Crippen molar-refractivity contribution in [2.24, 2.45) is 0 Å². The second-order valence-electron chi connectivity index (χ2n) is 6.26. The Balaban J connectivity index is 2.25. The number of fused-ring (bicyclic) bond motifs is 3. The van der Waals surface area contributed by atoms with Gasteiger partial charge in [0.05, 0.1) is 12.8 Å². The van der Waals surface area contributed by atoms with Crippen molar-refractivity contribution in [3.05, 3.63) is 35.5 Å². The van der Waals surface area contributed by atoms with Crippen LogP contribution in [0.3, 0.4) is 0 Å². The zero-order valence-electron chi connectivity index (χ0n) is 14.7. The van der Waals surface area contributed by atoms with Crippen LogP contribution in [-0.2, 0) is 0 Å². The zero-order valence-corrected chi connectivity index (χ0v) is 14.7. The summed E-state index contributed by atoms with van der Waals surface area (Å²) in [5.41, 5.74) is 3.16. The second kappa shape index (κ2) is 6.50. The first-order chi connectivity index (χ1) is 11.9. The van der Waals surface area contributed by atoms with Crippen molar-refractivity contribution < 1.29 is 23.0 Å². The van der Waals surface area contributed by atoms with Gasteiger partial charge in [0.2, 0.25) is 0 Å². The number of aromatic nitrogens is 1. The predicted molar refractivity (Wildman–Crippen MR) is 90.8 cm³/mol. The van der Waals surface area contributed by atoms with E-state index in [1.807, 2.05) is 26.1 Å². The highest BCUT2D eigenvalue weighted by Gasteiger charge is 2.32. The molecule has 0 spiro atoms. The Hall–Kier alpha value is -2.37. The Labute approximate surface area is 145 Å². The number of carbonyl (C=O) groups is 1. The Morgan fingerprint density at radius 2 is 2.00 bits per heavy atom. The summed E-state index contributed by atoms with van der Waals surface area (Å²) in [6.07, 6.45) is 2.32. The number of rotatable bonds is 5. The van der Waals surface area contributed by atoms with E-state index in [0.29, 0.717) is 12.0 Å². The summed E-state index contributed by atoms with van der Waals surface area (Å²) >= 11 is 0. The number of nitrogens with zero attached hydrogens (tertiary/aromatic N) is 1. The van der Waals surface area contributed by atoms with Gasteiger partial charge in [0.25, 0.3) is 0 Å². The zero-order chi connectivity index (χ0) is 18.3. The van der Waals surface area contributed by atoms with Crippen LogP contribution in [0, 0.1) is 0 Å². The van der Waals surface area contributed by atoms with Gasteiger partial charge < -0.3 is 14.0 Å².